The van der Waals surface area contributed by atoms with Gasteiger partial charge in [0.1, 0.15) is 5.03 Å². The molecule has 2 aromatic rings. The zero-order chi connectivity index (χ0) is 15.4. The van der Waals surface area contributed by atoms with Crippen molar-refractivity contribution in [2.75, 3.05) is 11.1 Å². The van der Waals surface area contributed by atoms with Gasteiger partial charge in [0, 0.05) is 11.5 Å². The van der Waals surface area contributed by atoms with Crippen LogP contribution in [0.15, 0.2) is 47.5 Å². The second-order valence-corrected chi connectivity index (χ2v) is 6.09. The van der Waals surface area contributed by atoms with Crippen molar-refractivity contribution in [3.05, 3.63) is 48.0 Å². The van der Waals surface area contributed by atoms with Gasteiger partial charge >= 0.3 is 0 Å². The molecule has 6 heteroatoms. The Labute approximate surface area is 132 Å². The summed E-state index contributed by atoms with van der Waals surface area (Å²) in [5, 5.41) is 11.4. The summed E-state index contributed by atoms with van der Waals surface area (Å²) in [6, 6.07) is 12.6. The number of carbonyl (C=O) groups excluding carboxylic acids is 2. The number of hydrogen-bond donors (Lipinski definition) is 1. The number of ketones is 1. The Kier molecular flexibility index (Phi) is 4.48. The molecule has 0 bridgehead atoms. The monoisotopic (exact) mass is 313 g/mol. The first-order valence-corrected chi connectivity index (χ1v) is 8.06. The molecule has 1 N–H and O–H groups in total. The van der Waals surface area contributed by atoms with Crippen LogP contribution in [-0.2, 0) is 4.79 Å². The predicted octanol–water partition coefficient (Wildman–Crippen LogP) is 2.80. The quantitative estimate of drug-likeness (QED) is 0.656. The molecule has 1 amide bonds. The van der Waals surface area contributed by atoms with E-state index >= 15 is 0 Å². The third-order valence-electron chi connectivity index (χ3n) is 3.29. The second kappa shape index (κ2) is 6.70. The lowest BCUT2D eigenvalue weighted by Gasteiger charge is -2.04. The molecule has 1 heterocycles. The maximum Gasteiger partial charge on any atom is 0.228 e. The summed E-state index contributed by atoms with van der Waals surface area (Å²) in [4.78, 5) is 23.6. The average molecular weight is 313 g/mol. The maximum atomic E-state index is 12.0. The lowest BCUT2D eigenvalue weighted by molar-refractivity contribution is -0.117. The van der Waals surface area contributed by atoms with Gasteiger partial charge in [-0.3, -0.25) is 9.59 Å². The van der Waals surface area contributed by atoms with Gasteiger partial charge in [0.05, 0.1) is 5.75 Å². The van der Waals surface area contributed by atoms with E-state index in [1.165, 1.54) is 11.8 Å². The summed E-state index contributed by atoms with van der Waals surface area (Å²) >= 11 is 1.33. The molecule has 5 nitrogen and oxygen atoms in total. The van der Waals surface area contributed by atoms with E-state index in [0.717, 1.165) is 12.8 Å². The van der Waals surface area contributed by atoms with Gasteiger partial charge in [-0.2, -0.15) is 0 Å². The molecule has 0 spiro atoms. The largest absolute Gasteiger partial charge is 0.309 e. The lowest BCUT2D eigenvalue weighted by atomic mass is 10.2. The van der Waals surface area contributed by atoms with Crippen LogP contribution in [0.1, 0.15) is 23.2 Å². The molecule has 0 radical (unpaired) electrons. The summed E-state index contributed by atoms with van der Waals surface area (Å²) in [5.74, 6) is 0.967. The molecule has 0 aliphatic heterocycles. The summed E-state index contributed by atoms with van der Waals surface area (Å²) in [7, 11) is 0. The van der Waals surface area contributed by atoms with Crippen molar-refractivity contribution in [2.24, 2.45) is 5.92 Å². The van der Waals surface area contributed by atoms with Crippen molar-refractivity contribution in [1.29, 1.82) is 0 Å². The number of aromatic nitrogens is 2. The smallest absolute Gasteiger partial charge is 0.228 e. The fourth-order valence-corrected chi connectivity index (χ4v) is 2.59. The number of Topliss-reactive ketones (excluding diaryl/α,β-unsaturated/α-hetero) is 1. The van der Waals surface area contributed by atoms with Crippen molar-refractivity contribution in [2.45, 2.75) is 17.9 Å². The minimum Gasteiger partial charge on any atom is -0.309 e. The Hall–Kier alpha value is -2.21. The number of benzene rings is 1. The Morgan fingerprint density at radius 3 is 2.50 bits per heavy atom. The van der Waals surface area contributed by atoms with Crippen LogP contribution in [0, 0.1) is 5.92 Å². The van der Waals surface area contributed by atoms with Crippen molar-refractivity contribution in [1.82, 2.24) is 10.2 Å². The SMILES string of the molecule is O=C(CSc1ccc(NC(=O)C2CC2)nn1)c1ccccc1. The van der Waals surface area contributed by atoms with Crippen LogP contribution in [0.2, 0.25) is 0 Å². The molecular weight excluding hydrogens is 298 g/mol. The summed E-state index contributed by atoms with van der Waals surface area (Å²) < 4.78 is 0. The molecule has 1 saturated carbocycles. The molecule has 22 heavy (non-hydrogen) atoms. The number of anilines is 1. The van der Waals surface area contributed by atoms with Crippen LogP contribution in [0.4, 0.5) is 5.82 Å². The van der Waals surface area contributed by atoms with E-state index in [9.17, 15) is 9.59 Å². The maximum absolute atomic E-state index is 12.0. The number of rotatable bonds is 6. The van der Waals surface area contributed by atoms with Gasteiger partial charge in [-0.05, 0) is 25.0 Å². The van der Waals surface area contributed by atoms with E-state index in [2.05, 4.69) is 15.5 Å². The van der Waals surface area contributed by atoms with Gasteiger partial charge in [0.25, 0.3) is 0 Å². The summed E-state index contributed by atoms with van der Waals surface area (Å²) in [6.45, 7) is 0. The van der Waals surface area contributed by atoms with Crippen LogP contribution in [0.3, 0.4) is 0 Å². The van der Waals surface area contributed by atoms with Crippen molar-refractivity contribution < 1.29 is 9.59 Å². The number of hydrogen-bond acceptors (Lipinski definition) is 5. The molecule has 1 fully saturated rings. The molecule has 0 saturated heterocycles. The van der Waals surface area contributed by atoms with Gasteiger partial charge < -0.3 is 5.32 Å². The van der Waals surface area contributed by atoms with E-state index in [1.807, 2.05) is 18.2 Å². The van der Waals surface area contributed by atoms with Crippen molar-refractivity contribution >= 4 is 29.3 Å². The van der Waals surface area contributed by atoms with Crippen LogP contribution in [0.25, 0.3) is 0 Å². The molecule has 3 rings (SSSR count). The number of thioether (sulfide) groups is 1. The zero-order valence-electron chi connectivity index (χ0n) is 11.9. The third kappa shape index (κ3) is 3.92. The van der Waals surface area contributed by atoms with E-state index < -0.39 is 0 Å². The Morgan fingerprint density at radius 1 is 1.09 bits per heavy atom. The van der Waals surface area contributed by atoms with E-state index in [-0.39, 0.29) is 17.6 Å². The fourth-order valence-electron chi connectivity index (χ4n) is 1.88. The van der Waals surface area contributed by atoms with Crippen LogP contribution in [0.5, 0.6) is 0 Å². The zero-order valence-corrected chi connectivity index (χ0v) is 12.7. The number of nitrogens with zero attached hydrogens (tertiary/aromatic N) is 2. The normalized spacial score (nSPS) is 13.6. The Morgan fingerprint density at radius 2 is 1.86 bits per heavy atom. The first-order valence-electron chi connectivity index (χ1n) is 7.08. The van der Waals surface area contributed by atoms with Crippen molar-refractivity contribution in [3.8, 4) is 0 Å². The Bertz CT molecular complexity index is 670. The molecule has 0 unspecified atom stereocenters. The van der Waals surface area contributed by atoms with Gasteiger partial charge in [-0.15, -0.1) is 10.2 Å². The summed E-state index contributed by atoms with van der Waals surface area (Å²) in [5.41, 5.74) is 0.691. The minimum absolute atomic E-state index is 0.00829. The highest BCUT2D eigenvalue weighted by Gasteiger charge is 2.29. The number of amides is 1. The fraction of sp³-hybridized carbons (Fsp3) is 0.250. The van der Waals surface area contributed by atoms with Crippen LogP contribution >= 0.6 is 11.8 Å². The standard InChI is InChI=1S/C16H15N3O2S/c20-13(11-4-2-1-3-5-11)10-22-15-9-8-14(18-19-15)17-16(21)12-6-7-12/h1-5,8-9,12H,6-7,10H2,(H,17,18,21). The predicted molar refractivity (Wildman–Crippen MR) is 84.9 cm³/mol. The molecule has 1 aromatic heterocycles. The van der Waals surface area contributed by atoms with Gasteiger partial charge in [0.2, 0.25) is 5.91 Å². The van der Waals surface area contributed by atoms with Crippen LogP contribution in [-0.4, -0.2) is 27.6 Å². The first-order chi connectivity index (χ1) is 10.7. The van der Waals surface area contributed by atoms with Gasteiger partial charge in [-0.25, -0.2) is 0 Å². The van der Waals surface area contributed by atoms with E-state index in [0.29, 0.717) is 22.2 Å². The van der Waals surface area contributed by atoms with Gasteiger partial charge in [0.15, 0.2) is 11.6 Å². The molecule has 0 atom stereocenters. The van der Waals surface area contributed by atoms with E-state index in [4.69, 9.17) is 0 Å². The minimum atomic E-state index is 0.00829. The molecule has 1 aliphatic carbocycles. The second-order valence-electron chi connectivity index (χ2n) is 5.10. The first kappa shape index (κ1) is 14.7. The highest BCUT2D eigenvalue weighted by Crippen LogP contribution is 2.30. The third-order valence-corrected chi connectivity index (χ3v) is 4.21. The van der Waals surface area contributed by atoms with Gasteiger partial charge in [-0.1, -0.05) is 42.1 Å². The average Bonchev–Trinajstić information content (AvgIpc) is 3.40. The molecule has 1 aliphatic rings. The molecule has 1 aromatic carbocycles. The number of nitrogens with one attached hydrogen (secondary N) is 1. The highest BCUT2D eigenvalue weighted by molar-refractivity contribution is 7.99. The van der Waals surface area contributed by atoms with Crippen molar-refractivity contribution in [3.63, 3.8) is 0 Å². The number of carbonyl (C=O) groups is 2. The molecule has 112 valence electrons. The van der Waals surface area contributed by atoms with Crippen LogP contribution < -0.4 is 5.32 Å². The lowest BCUT2D eigenvalue weighted by Crippen LogP contribution is -2.14. The van der Waals surface area contributed by atoms with E-state index in [1.54, 1.807) is 24.3 Å². The highest BCUT2D eigenvalue weighted by atomic mass is 32.2. The summed E-state index contributed by atoms with van der Waals surface area (Å²) in [6.07, 6.45) is 1.91. The molecular formula is C16H15N3O2S. The topological polar surface area (TPSA) is 72.0 Å². The Balaban J connectivity index is 1.52.